The van der Waals surface area contributed by atoms with E-state index in [0.29, 0.717) is 5.75 Å². The Morgan fingerprint density at radius 1 is 1.00 bits per heavy atom. The Morgan fingerprint density at radius 3 is 2.59 bits per heavy atom. The number of ether oxygens (including phenoxy) is 1. The lowest BCUT2D eigenvalue weighted by Crippen LogP contribution is -1.86. The van der Waals surface area contributed by atoms with Gasteiger partial charge in [-0.3, -0.25) is 0 Å². The van der Waals surface area contributed by atoms with E-state index < -0.39 is 0 Å². The molecule has 1 N–H and O–H groups in total. The maximum Gasteiger partial charge on any atom is 0.142 e. The van der Waals surface area contributed by atoms with Crippen LogP contribution in [-0.2, 0) is 0 Å². The van der Waals surface area contributed by atoms with Crippen LogP contribution in [-0.4, -0.2) is 9.97 Å². The van der Waals surface area contributed by atoms with E-state index in [-0.39, 0.29) is 0 Å². The Bertz CT molecular complexity index is 625. The number of aromatic amines is 1. The SMILES string of the molecule is [CH2]Oc1ccccc1-c1nc2ccccc2[nH]1. The molecule has 0 saturated heterocycles. The third-order valence-corrected chi connectivity index (χ3v) is 2.69. The topological polar surface area (TPSA) is 37.9 Å². The second kappa shape index (κ2) is 3.94. The summed E-state index contributed by atoms with van der Waals surface area (Å²) in [6.45, 7) is 0. The summed E-state index contributed by atoms with van der Waals surface area (Å²) in [6, 6.07) is 15.6. The van der Waals surface area contributed by atoms with Crippen LogP contribution in [0.15, 0.2) is 48.5 Å². The smallest absolute Gasteiger partial charge is 0.142 e. The van der Waals surface area contributed by atoms with Crippen molar-refractivity contribution in [2.75, 3.05) is 0 Å². The Kier molecular flexibility index (Phi) is 2.29. The van der Waals surface area contributed by atoms with Crippen molar-refractivity contribution < 1.29 is 4.74 Å². The molecule has 0 unspecified atom stereocenters. The molecule has 83 valence electrons. The molecule has 0 saturated carbocycles. The van der Waals surface area contributed by atoms with Crippen LogP contribution in [0.5, 0.6) is 5.75 Å². The fraction of sp³-hybridized carbons (Fsp3) is 0. The third kappa shape index (κ3) is 1.65. The van der Waals surface area contributed by atoms with E-state index in [1.54, 1.807) is 0 Å². The number of rotatable bonds is 2. The quantitative estimate of drug-likeness (QED) is 0.723. The van der Waals surface area contributed by atoms with Crippen molar-refractivity contribution in [3.05, 3.63) is 55.6 Å². The Balaban J connectivity index is 2.20. The highest BCUT2D eigenvalue weighted by atomic mass is 16.5. The molecule has 2 aromatic carbocycles. The molecule has 0 amide bonds. The van der Waals surface area contributed by atoms with E-state index in [2.05, 4.69) is 17.1 Å². The van der Waals surface area contributed by atoms with Crippen LogP contribution in [0.4, 0.5) is 0 Å². The molecule has 0 atom stereocenters. The highest BCUT2D eigenvalue weighted by Gasteiger charge is 2.09. The summed E-state index contributed by atoms with van der Waals surface area (Å²) in [5.41, 5.74) is 2.88. The van der Waals surface area contributed by atoms with Gasteiger partial charge in [0.1, 0.15) is 18.7 Å². The molecule has 3 heteroatoms. The summed E-state index contributed by atoms with van der Waals surface area (Å²) in [6.07, 6.45) is 0. The van der Waals surface area contributed by atoms with Crippen molar-refractivity contribution in [3.8, 4) is 17.1 Å². The molecule has 0 bridgehead atoms. The molecule has 0 aliphatic rings. The van der Waals surface area contributed by atoms with Crippen LogP contribution in [0.3, 0.4) is 0 Å². The minimum absolute atomic E-state index is 0.714. The fourth-order valence-corrected chi connectivity index (χ4v) is 1.87. The molecule has 0 fully saturated rings. The number of H-pyrrole nitrogens is 1. The zero-order valence-corrected chi connectivity index (χ0v) is 9.18. The van der Waals surface area contributed by atoms with E-state index in [1.807, 2.05) is 48.5 Å². The maximum absolute atomic E-state index is 5.09. The van der Waals surface area contributed by atoms with Crippen LogP contribution in [0.25, 0.3) is 22.4 Å². The summed E-state index contributed by atoms with van der Waals surface area (Å²) in [7, 11) is 3.45. The highest BCUT2D eigenvalue weighted by molar-refractivity contribution is 5.80. The Morgan fingerprint density at radius 2 is 1.76 bits per heavy atom. The minimum atomic E-state index is 0.714. The van der Waals surface area contributed by atoms with Crippen LogP contribution in [0.2, 0.25) is 0 Å². The van der Waals surface area contributed by atoms with Gasteiger partial charge in [-0.05, 0) is 24.3 Å². The average Bonchev–Trinajstić information content (AvgIpc) is 2.82. The van der Waals surface area contributed by atoms with Crippen LogP contribution in [0.1, 0.15) is 0 Å². The lowest BCUT2D eigenvalue weighted by Gasteiger charge is -2.04. The number of hydrogen-bond donors (Lipinski definition) is 1. The van der Waals surface area contributed by atoms with Crippen LogP contribution < -0.4 is 4.74 Å². The molecule has 1 heterocycles. The summed E-state index contributed by atoms with van der Waals surface area (Å²) >= 11 is 0. The summed E-state index contributed by atoms with van der Waals surface area (Å²) in [5.74, 6) is 1.51. The molecule has 1 radical (unpaired) electrons. The largest absolute Gasteiger partial charge is 0.489 e. The molecular weight excluding hydrogens is 212 g/mol. The van der Waals surface area contributed by atoms with Crippen molar-refractivity contribution in [3.63, 3.8) is 0 Å². The second-order valence-corrected chi connectivity index (χ2v) is 3.74. The van der Waals surface area contributed by atoms with Crippen molar-refractivity contribution in [2.45, 2.75) is 0 Å². The van der Waals surface area contributed by atoms with E-state index in [4.69, 9.17) is 4.74 Å². The molecule has 3 nitrogen and oxygen atoms in total. The predicted molar refractivity (Wildman–Crippen MR) is 67.5 cm³/mol. The normalized spacial score (nSPS) is 10.6. The number of para-hydroxylation sites is 3. The van der Waals surface area contributed by atoms with Crippen molar-refractivity contribution in [2.24, 2.45) is 0 Å². The molecule has 1 aromatic heterocycles. The zero-order chi connectivity index (χ0) is 11.7. The predicted octanol–water partition coefficient (Wildman–Crippen LogP) is 3.40. The van der Waals surface area contributed by atoms with Gasteiger partial charge in [0.2, 0.25) is 0 Å². The zero-order valence-electron chi connectivity index (χ0n) is 9.18. The number of imidazole rings is 1. The lowest BCUT2D eigenvalue weighted by molar-refractivity contribution is 0.474. The standard InChI is InChI=1S/C14H11N2O/c1-17-13-9-5-2-6-10(13)14-15-11-7-3-4-8-12(11)16-14/h2-9H,1H2,(H,15,16). The fourth-order valence-electron chi connectivity index (χ4n) is 1.87. The third-order valence-electron chi connectivity index (χ3n) is 2.69. The van der Waals surface area contributed by atoms with Crippen molar-refractivity contribution in [1.29, 1.82) is 0 Å². The number of hydrogen-bond acceptors (Lipinski definition) is 2. The number of aromatic nitrogens is 2. The number of nitrogens with zero attached hydrogens (tertiary/aromatic N) is 1. The highest BCUT2D eigenvalue weighted by Crippen LogP contribution is 2.28. The molecule has 3 rings (SSSR count). The second-order valence-electron chi connectivity index (χ2n) is 3.74. The molecule has 17 heavy (non-hydrogen) atoms. The summed E-state index contributed by atoms with van der Waals surface area (Å²) in [4.78, 5) is 7.80. The number of fused-ring (bicyclic) bond motifs is 1. The Labute approximate surface area is 99.1 Å². The van der Waals surface area contributed by atoms with E-state index in [0.717, 1.165) is 22.4 Å². The van der Waals surface area contributed by atoms with E-state index >= 15 is 0 Å². The van der Waals surface area contributed by atoms with E-state index in [9.17, 15) is 0 Å². The van der Waals surface area contributed by atoms with Gasteiger partial charge in [0.25, 0.3) is 0 Å². The van der Waals surface area contributed by atoms with Gasteiger partial charge in [-0.1, -0.05) is 24.3 Å². The van der Waals surface area contributed by atoms with E-state index in [1.165, 1.54) is 0 Å². The van der Waals surface area contributed by atoms with Crippen molar-refractivity contribution in [1.82, 2.24) is 9.97 Å². The van der Waals surface area contributed by atoms with Gasteiger partial charge in [0.15, 0.2) is 0 Å². The maximum atomic E-state index is 5.09. The van der Waals surface area contributed by atoms with Gasteiger partial charge < -0.3 is 9.72 Å². The molecule has 0 spiro atoms. The first kappa shape index (κ1) is 9.90. The van der Waals surface area contributed by atoms with Gasteiger partial charge in [-0.25, -0.2) is 4.98 Å². The first-order valence-electron chi connectivity index (χ1n) is 5.34. The summed E-state index contributed by atoms with van der Waals surface area (Å²) in [5, 5.41) is 0. The average molecular weight is 223 g/mol. The van der Waals surface area contributed by atoms with Gasteiger partial charge in [0.05, 0.1) is 16.6 Å². The first-order chi connectivity index (χ1) is 8.38. The molecule has 0 aliphatic carbocycles. The van der Waals surface area contributed by atoms with Crippen LogP contribution >= 0.6 is 0 Å². The van der Waals surface area contributed by atoms with Gasteiger partial charge in [-0.2, -0.15) is 0 Å². The van der Waals surface area contributed by atoms with Gasteiger partial charge in [-0.15, -0.1) is 0 Å². The number of nitrogens with one attached hydrogen (secondary N) is 1. The number of benzene rings is 2. The molecular formula is C14H11N2O. The van der Waals surface area contributed by atoms with Gasteiger partial charge in [0, 0.05) is 0 Å². The lowest BCUT2D eigenvalue weighted by atomic mass is 10.2. The molecule has 3 aromatic rings. The Hall–Kier alpha value is -2.29. The first-order valence-corrected chi connectivity index (χ1v) is 5.34. The monoisotopic (exact) mass is 223 g/mol. The van der Waals surface area contributed by atoms with Crippen molar-refractivity contribution >= 4 is 11.0 Å². The minimum Gasteiger partial charge on any atom is -0.489 e. The van der Waals surface area contributed by atoms with Crippen LogP contribution in [0, 0.1) is 7.11 Å². The summed E-state index contributed by atoms with van der Waals surface area (Å²) < 4.78 is 5.09. The molecule has 0 aliphatic heterocycles. The van der Waals surface area contributed by atoms with Gasteiger partial charge >= 0.3 is 0 Å².